The predicted molar refractivity (Wildman–Crippen MR) is 100.0 cm³/mol. The van der Waals surface area contributed by atoms with E-state index in [2.05, 4.69) is 12.1 Å². The Bertz CT molecular complexity index is 736. The molecule has 132 valence electrons. The monoisotopic (exact) mass is 358 g/mol. The fourth-order valence-corrected chi connectivity index (χ4v) is 3.62. The van der Waals surface area contributed by atoms with Crippen LogP contribution in [-0.4, -0.2) is 37.0 Å². The summed E-state index contributed by atoms with van der Waals surface area (Å²) in [5.41, 5.74) is 8.10. The Hall–Kier alpha value is -2.04. The van der Waals surface area contributed by atoms with E-state index in [0.29, 0.717) is 30.4 Å². The number of benzene rings is 2. The van der Waals surface area contributed by atoms with E-state index >= 15 is 0 Å². The van der Waals surface area contributed by atoms with Gasteiger partial charge in [0.05, 0.1) is 0 Å². The third kappa shape index (κ3) is 4.14. The summed E-state index contributed by atoms with van der Waals surface area (Å²) in [4.78, 5) is 14.4. The van der Waals surface area contributed by atoms with Crippen molar-refractivity contribution < 1.29 is 9.53 Å². The lowest BCUT2D eigenvalue weighted by Gasteiger charge is -2.17. The molecule has 1 saturated heterocycles. The smallest absolute Gasteiger partial charge is 0.260 e. The molecule has 0 radical (unpaired) electrons. The Labute approximate surface area is 153 Å². The van der Waals surface area contributed by atoms with Crippen molar-refractivity contribution in [3.05, 3.63) is 64.7 Å². The summed E-state index contributed by atoms with van der Waals surface area (Å²) in [6, 6.07) is 15.7. The maximum absolute atomic E-state index is 12.6. The molecule has 1 heterocycles. The SMILES string of the molecule is Cc1cc(Cl)ccc1OCC(=O)N1C[C@@H](CN)[C@H](c2ccccc2)C1. The molecule has 0 unspecified atom stereocenters. The second-order valence-corrected chi connectivity index (χ2v) is 6.95. The fraction of sp³-hybridized carbons (Fsp3) is 0.350. The van der Waals surface area contributed by atoms with E-state index < -0.39 is 0 Å². The van der Waals surface area contributed by atoms with Gasteiger partial charge >= 0.3 is 0 Å². The van der Waals surface area contributed by atoms with Gasteiger partial charge in [0.25, 0.3) is 5.91 Å². The minimum atomic E-state index is -0.00812. The Kier molecular flexibility index (Phi) is 5.61. The van der Waals surface area contributed by atoms with Crippen molar-refractivity contribution in [2.24, 2.45) is 11.7 Å². The summed E-state index contributed by atoms with van der Waals surface area (Å²) >= 11 is 5.95. The topological polar surface area (TPSA) is 55.6 Å². The van der Waals surface area contributed by atoms with Crippen LogP contribution in [0.5, 0.6) is 5.75 Å². The normalized spacial score (nSPS) is 19.9. The third-order valence-corrected chi connectivity index (χ3v) is 5.05. The minimum absolute atomic E-state index is 0.00812. The maximum atomic E-state index is 12.6. The van der Waals surface area contributed by atoms with E-state index in [-0.39, 0.29) is 24.3 Å². The number of aryl methyl sites for hydroxylation is 1. The lowest BCUT2D eigenvalue weighted by molar-refractivity contribution is -0.132. The van der Waals surface area contributed by atoms with Crippen LogP contribution >= 0.6 is 11.6 Å². The number of carbonyl (C=O) groups excluding carboxylic acids is 1. The number of rotatable bonds is 5. The second kappa shape index (κ2) is 7.89. The summed E-state index contributed by atoms with van der Waals surface area (Å²) in [5.74, 6) is 1.24. The average molecular weight is 359 g/mol. The molecule has 1 fully saturated rings. The zero-order valence-corrected chi connectivity index (χ0v) is 15.1. The van der Waals surface area contributed by atoms with Gasteiger partial charge in [-0.25, -0.2) is 0 Å². The van der Waals surface area contributed by atoms with Crippen LogP contribution in [0.3, 0.4) is 0 Å². The summed E-state index contributed by atoms with van der Waals surface area (Å²) in [7, 11) is 0. The highest BCUT2D eigenvalue weighted by Gasteiger charge is 2.35. The fourth-order valence-electron chi connectivity index (χ4n) is 3.40. The molecular formula is C20H23ClN2O2. The van der Waals surface area contributed by atoms with Gasteiger partial charge in [-0.15, -0.1) is 0 Å². The van der Waals surface area contributed by atoms with Gasteiger partial charge in [-0.05, 0) is 48.7 Å². The predicted octanol–water partition coefficient (Wildman–Crippen LogP) is 3.23. The molecule has 5 heteroatoms. The van der Waals surface area contributed by atoms with Crippen molar-refractivity contribution in [3.63, 3.8) is 0 Å². The van der Waals surface area contributed by atoms with Gasteiger partial charge in [0.2, 0.25) is 0 Å². The molecule has 2 atom stereocenters. The quantitative estimate of drug-likeness (QED) is 0.892. The van der Waals surface area contributed by atoms with Crippen LogP contribution in [0.2, 0.25) is 5.02 Å². The van der Waals surface area contributed by atoms with Crippen molar-refractivity contribution in [3.8, 4) is 5.75 Å². The molecule has 2 aromatic carbocycles. The summed E-state index contributed by atoms with van der Waals surface area (Å²) in [5, 5.41) is 0.659. The zero-order chi connectivity index (χ0) is 17.8. The Morgan fingerprint density at radius 3 is 2.68 bits per heavy atom. The molecule has 0 bridgehead atoms. The van der Waals surface area contributed by atoms with Crippen LogP contribution in [0.15, 0.2) is 48.5 Å². The van der Waals surface area contributed by atoms with Crippen LogP contribution < -0.4 is 10.5 Å². The number of nitrogens with two attached hydrogens (primary N) is 1. The van der Waals surface area contributed by atoms with Crippen LogP contribution in [0.4, 0.5) is 0 Å². The number of nitrogens with zero attached hydrogens (tertiary/aromatic N) is 1. The van der Waals surface area contributed by atoms with E-state index in [1.807, 2.05) is 36.1 Å². The lowest BCUT2D eigenvalue weighted by atomic mass is 9.89. The van der Waals surface area contributed by atoms with Gasteiger partial charge in [-0.3, -0.25) is 4.79 Å². The number of hydrogen-bond donors (Lipinski definition) is 1. The molecule has 1 aliphatic rings. The maximum Gasteiger partial charge on any atom is 0.260 e. The molecule has 0 aliphatic carbocycles. The van der Waals surface area contributed by atoms with E-state index in [9.17, 15) is 4.79 Å². The van der Waals surface area contributed by atoms with Crippen molar-refractivity contribution in [2.45, 2.75) is 12.8 Å². The second-order valence-electron chi connectivity index (χ2n) is 6.51. The van der Waals surface area contributed by atoms with Crippen LogP contribution in [0.25, 0.3) is 0 Å². The van der Waals surface area contributed by atoms with E-state index in [4.69, 9.17) is 22.1 Å². The average Bonchev–Trinajstić information content (AvgIpc) is 3.06. The third-order valence-electron chi connectivity index (χ3n) is 4.81. The molecular weight excluding hydrogens is 336 g/mol. The van der Waals surface area contributed by atoms with Crippen LogP contribution in [0, 0.1) is 12.8 Å². The van der Waals surface area contributed by atoms with Crippen LogP contribution in [0.1, 0.15) is 17.0 Å². The van der Waals surface area contributed by atoms with Gasteiger partial charge in [-0.2, -0.15) is 0 Å². The van der Waals surface area contributed by atoms with E-state index in [0.717, 1.165) is 5.56 Å². The largest absolute Gasteiger partial charge is 0.483 e. The molecule has 3 rings (SSSR count). The van der Waals surface area contributed by atoms with Crippen molar-refractivity contribution in [1.29, 1.82) is 0 Å². The number of hydrogen-bond acceptors (Lipinski definition) is 3. The molecule has 2 aromatic rings. The first-order chi connectivity index (χ1) is 12.1. The van der Waals surface area contributed by atoms with Crippen molar-refractivity contribution >= 4 is 17.5 Å². The van der Waals surface area contributed by atoms with E-state index in [1.165, 1.54) is 5.56 Å². The summed E-state index contributed by atoms with van der Waals surface area (Å²) in [6.45, 7) is 3.88. The Balaban J connectivity index is 1.63. The standard InChI is InChI=1S/C20H23ClN2O2/c1-14-9-17(21)7-8-19(14)25-13-20(24)23-11-16(10-22)18(12-23)15-5-3-2-4-6-15/h2-9,16,18H,10-13,22H2,1H3/t16-,18+/m1/s1. The Morgan fingerprint density at radius 2 is 2.00 bits per heavy atom. The minimum Gasteiger partial charge on any atom is -0.483 e. The molecule has 1 aliphatic heterocycles. The molecule has 4 nitrogen and oxygen atoms in total. The van der Waals surface area contributed by atoms with Gasteiger partial charge < -0.3 is 15.4 Å². The van der Waals surface area contributed by atoms with E-state index in [1.54, 1.807) is 12.1 Å². The lowest BCUT2D eigenvalue weighted by Crippen LogP contribution is -2.33. The first kappa shape index (κ1) is 17.8. The molecule has 0 saturated carbocycles. The van der Waals surface area contributed by atoms with Crippen molar-refractivity contribution in [2.75, 3.05) is 26.2 Å². The highest BCUT2D eigenvalue weighted by Crippen LogP contribution is 2.32. The van der Waals surface area contributed by atoms with Crippen molar-refractivity contribution in [1.82, 2.24) is 4.90 Å². The first-order valence-electron chi connectivity index (χ1n) is 8.50. The molecule has 25 heavy (non-hydrogen) atoms. The number of halogens is 1. The van der Waals surface area contributed by atoms with Gasteiger partial charge in [-0.1, -0.05) is 41.9 Å². The van der Waals surface area contributed by atoms with Gasteiger partial charge in [0.1, 0.15) is 5.75 Å². The summed E-state index contributed by atoms with van der Waals surface area (Å²) in [6.07, 6.45) is 0. The zero-order valence-electron chi connectivity index (χ0n) is 14.3. The molecule has 2 N–H and O–H groups in total. The van der Waals surface area contributed by atoms with Gasteiger partial charge in [0, 0.05) is 24.0 Å². The Morgan fingerprint density at radius 1 is 1.24 bits per heavy atom. The first-order valence-corrected chi connectivity index (χ1v) is 8.88. The molecule has 1 amide bonds. The summed E-state index contributed by atoms with van der Waals surface area (Å²) < 4.78 is 5.69. The number of likely N-dealkylation sites (tertiary alicyclic amines) is 1. The molecule has 0 spiro atoms. The molecule has 0 aromatic heterocycles. The highest BCUT2D eigenvalue weighted by atomic mass is 35.5. The number of amides is 1. The number of carbonyl (C=O) groups is 1. The number of ether oxygens (including phenoxy) is 1. The highest BCUT2D eigenvalue weighted by molar-refractivity contribution is 6.30. The van der Waals surface area contributed by atoms with Crippen LogP contribution in [-0.2, 0) is 4.79 Å². The van der Waals surface area contributed by atoms with Gasteiger partial charge in [0.15, 0.2) is 6.61 Å².